The Labute approximate surface area is 181 Å². The molecule has 0 unspecified atom stereocenters. The molecular weight excluding hydrogens is 431 g/mol. The molecule has 13 heteroatoms. The Morgan fingerprint density at radius 3 is 2.61 bits per heavy atom. The van der Waals surface area contributed by atoms with Crippen LogP contribution in [0.2, 0.25) is 0 Å². The summed E-state index contributed by atoms with van der Waals surface area (Å²) < 4.78 is 42.1. The molecule has 0 radical (unpaired) electrons. The SMILES string of the molecule is C=C1NNN/C1=C(/C=C(N)N)SCc1cn(-c2cccc(N(C)C)n2)nc1C(F)(F)F. The van der Waals surface area contributed by atoms with Crippen molar-refractivity contribution in [1.82, 2.24) is 31.2 Å². The standard InChI is InChI=1S/C18H22F3N9S/c1-10-16(26-28-25-10)12(7-13(22)23)31-9-11-8-30(27-17(11)18(19,20)21)15-6-4-5-14(24-15)29(2)3/h4-8,25-26,28H,1,9,22-23H2,2-3H3/b16-12-. The predicted molar refractivity (Wildman–Crippen MR) is 114 cm³/mol. The van der Waals surface area contributed by atoms with Crippen LogP contribution in [-0.2, 0) is 11.9 Å². The van der Waals surface area contributed by atoms with Gasteiger partial charge in [0.1, 0.15) is 5.82 Å². The van der Waals surface area contributed by atoms with Crippen LogP contribution in [0.25, 0.3) is 5.82 Å². The summed E-state index contributed by atoms with van der Waals surface area (Å²) in [5, 5.41) is 3.76. The minimum Gasteiger partial charge on any atom is -0.386 e. The van der Waals surface area contributed by atoms with E-state index in [0.717, 1.165) is 16.4 Å². The molecule has 166 valence electrons. The summed E-state index contributed by atoms with van der Waals surface area (Å²) in [5.74, 6) is 0.837. The first-order valence-corrected chi connectivity index (χ1v) is 9.91. The van der Waals surface area contributed by atoms with Crippen LogP contribution < -0.4 is 32.8 Å². The largest absolute Gasteiger partial charge is 0.435 e. The fourth-order valence-electron chi connectivity index (χ4n) is 2.67. The minimum atomic E-state index is -4.63. The van der Waals surface area contributed by atoms with Crippen LogP contribution in [0.5, 0.6) is 0 Å². The average molecular weight is 453 g/mol. The van der Waals surface area contributed by atoms with Crippen molar-refractivity contribution in [3.63, 3.8) is 0 Å². The summed E-state index contributed by atoms with van der Waals surface area (Å²) in [6, 6.07) is 5.04. The van der Waals surface area contributed by atoms with Gasteiger partial charge in [0.25, 0.3) is 0 Å². The maximum atomic E-state index is 13.7. The van der Waals surface area contributed by atoms with Crippen molar-refractivity contribution < 1.29 is 13.2 Å². The molecule has 1 saturated heterocycles. The second-order valence-electron chi connectivity index (χ2n) is 6.72. The number of hydrogen-bond acceptors (Lipinski definition) is 9. The number of nitrogens with one attached hydrogen (secondary N) is 3. The van der Waals surface area contributed by atoms with Crippen molar-refractivity contribution in [3.8, 4) is 5.82 Å². The van der Waals surface area contributed by atoms with E-state index in [2.05, 4.69) is 33.0 Å². The molecule has 1 fully saturated rings. The molecule has 0 spiro atoms. The summed E-state index contributed by atoms with van der Waals surface area (Å²) in [7, 11) is 3.58. The molecule has 0 bridgehead atoms. The van der Waals surface area contributed by atoms with E-state index < -0.39 is 11.9 Å². The van der Waals surface area contributed by atoms with E-state index in [1.54, 1.807) is 37.2 Å². The van der Waals surface area contributed by atoms with Crippen LogP contribution in [0.15, 0.2) is 59.2 Å². The normalized spacial score (nSPS) is 15.3. The van der Waals surface area contributed by atoms with Gasteiger partial charge in [-0.15, -0.1) is 17.3 Å². The highest BCUT2D eigenvalue weighted by molar-refractivity contribution is 8.02. The lowest BCUT2D eigenvalue weighted by atomic mass is 10.3. The zero-order valence-electron chi connectivity index (χ0n) is 16.8. The van der Waals surface area contributed by atoms with E-state index in [4.69, 9.17) is 11.5 Å². The molecule has 1 aliphatic heterocycles. The van der Waals surface area contributed by atoms with E-state index in [1.807, 2.05) is 0 Å². The third-order valence-corrected chi connectivity index (χ3v) is 5.19. The number of nitrogens with two attached hydrogens (primary N) is 2. The lowest BCUT2D eigenvalue weighted by Gasteiger charge is -2.12. The van der Waals surface area contributed by atoms with Gasteiger partial charge in [-0.1, -0.05) is 12.6 Å². The fourth-order valence-corrected chi connectivity index (χ4v) is 3.73. The highest BCUT2D eigenvalue weighted by Gasteiger charge is 2.37. The number of thioether (sulfide) groups is 1. The molecule has 0 saturated carbocycles. The molecule has 2 aromatic heterocycles. The van der Waals surface area contributed by atoms with Gasteiger partial charge in [0.05, 0.1) is 17.2 Å². The third-order valence-electron chi connectivity index (χ3n) is 4.10. The first-order chi connectivity index (χ1) is 14.6. The van der Waals surface area contributed by atoms with Crippen LogP contribution >= 0.6 is 11.8 Å². The molecule has 0 atom stereocenters. The minimum absolute atomic E-state index is 0.00735. The van der Waals surface area contributed by atoms with Gasteiger partial charge in [-0.2, -0.15) is 18.3 Å². The highest BCUT2D eigenvalue weighted by atomic mass is 32.2. The number of alkyl halides is 3. The van der Waals surface area contributed by atoms with Crippen molar-refractivity contribution in [2.24, 2.45) is 11.5 Å². The fraction of sp³-hybridized carbons (Fsp3) is 0.222. The smallest absolute Gasteiger partial charge is 0.386 e. The van der Waals surface area contributed by atoms with Crippen LogP contribution in [0.4, 0.5) is 19.0 Å². The zero-order valence-corrected chi connectivity index (χ0v) is 17.6. The van der Waals surface area contributed by atoms with E-state index in [1.165, 1.54) is 12.3 Å². The van der Waals surface area contributed by atoms with E-state index >= 15 is 0 Å². The number of anilines is 1. The number of nitrogens with zero attached hydrogens (tertiary/aromatic N) is 4. The van der Waals surface area contributed by atoms with E-state index in [-0.39, 0.29) is 23.0 Å². The number of halogens is 3. The predicted octanol–water partition coefficient (Wildman–Crippen LogP) is 1.68. The Balaban J connectivity index is 1.96. The second kappa shape index (κ2) is 8.81. The van der Waals surface area contributed by atoms with Gasteiger partial charge in [0, 0.05) is 36.5 Å². The van der Waals surface area contributed by atoms with E-state index in [9.17, 15) is 13.2 Å². The Morgan fingerprint density at radius 2 is 2.03 bits per heavy atom. The Hall–Kier alpha value is -3.32. The molecule has 7 N–H and O–H groups in total. The molecule has 0 aliphatic carbocycles. The van der Waals surface area contributed by atoms with Crippen molar-refractivity contribution in [3.05, 3.63) is 70.4 Å². The summed E-state index contributed by atoms with van der Waals surface area (Å²) in [6.07, 6.45) is -1.86. The molecule has 0 amide bonds. The number of pyridine rings is 1. The summed E-state index contributed by atoms with van der Waals surface area (Å²) in [5.41, 5.74) is 19.4. The monoisotopic (exact) mass is 453 g/mol. The topological polar surface area (TPSA) is 122 Å². The van der Waals surface area contributed by atoms with Crippen LogP contribution in [-0.4, -0.2) is 28.9 Å². The maximum absolute atomic E-state index is 13.7. The molecule has 9 nitrogen and oxygen atoms in total. The van der Waals surface area contributed by atoms with Gasteiger partial charge in [-0.25, -0.2) is 9.67 Å². The molecule has 1 aliphatic rings. The van der Waals surface area contributed by atoms with Crippen molar-refractivity contribution in [2.45, 2.75) is 11.9 Å². The highest BCUT2D eigenvalue weighted by Crippen LogP contribution is 2.35. The number of hydrogen-bond donors (Lipinski definition) is 5. The van der Waals surface area contributed by atoms with E-state index in [0.29, 0.717) is 22.1 Å². The van der Waals surface area contributed by atoms with Crippen molar-refractivity contribution in [2.75, 3.05) is 19.0 Å². The van der Waals surface area contributed by atoms with Crippen LogP contribution in [0.3, 0.4) is 0 Å². The maximum Gasteiger partial charge on any atom is 0.435 e. The lowest BCUT2D eigenvalue weighted by molar-refractivity contribution is -0.141. The summed E-state index contributed by atoms with van der Waals surface area (Å²) in [6.45, 7) is 3.81. The Morgan fingerprint density at radius 1 is 1.29 bits per heavy atom. The molecule has 3 heterocycles. The van der Waals surface area contributed by atoms with Gasteiger partial charge in [0.15, 0.2) is 11.5 Å². The Bertz CT molecular complexity index is 1040. The number of hydrazine groups is 2. The first-order valence-electron chi connectivity index (χ1n) is 8.92. The molecule has 0 aromatic carbocycles. The second-order valence-corrected chi connectivity index (χ2v) is 7.74. The summed E-state index contributed by atoms with van der Waals surface area (Å²) in [4.78, 5) is 6.61. The zero-order chi connectivity index (χ0) is 22.8. The molecular formula is C18H22F3N9S. The van der Waals surface area contributed by atoms with Gasteiger partial charge >= 0.3 is 6.18 Å². The number of allylic oxidation sites excluding steroid dienone is 1. The molecule has 2 aromatic rings. The third kappa shape index (κ3) is 5.24. The number of rotatable bonds is 6. The van der Waals surface area contributed by atoms with Gasteiger partial charge < -0.3 is 27.2 Å². The van der Waals surface area contributed by atoms with Crippen molar-refractivity contribution >= 4 is 17.6 Å². The lowest BCUT2D eigenvalue weighted by Crippen LogP contribution is -2.29. The van der Waals surface area contributed by atoms with Crippen LogP contribution in [0, 0.1) is 0 Å². The first kappa shape index (κ1) is 22.4. The van der Waals surface area contributed by atoms with Gasteiger partial charge in [0.2, 0.25) is 0 Å². The van der Waals surface area contributed by atoms with Crippen LogP contribution in [0.1, 0.15) is 11.3 Å². The summed E-state index contributed by atoms with van der Waals surface area (Å²) >= 11 is 1.11. The average Bonchev–Trinajstić information content (AvgIpc) is 3.31. The Kier molecular flexibility index (Phi) is 6.36. The molecule has 31 heavy (non-hydrogen) atoms. The van der Waals surface area contributed by atoms with Gasteiger partial charge in [-0.3, -0.25) is 0 Å². The quantitative estimate of drug-likeness (QED) is 0.445. The number of aromatic nitrogens is 3. The molecule has 3 rings (SSSR count). The van der Waals surface area contributed by atoms with Crippen molar-refractivity contribution in [1.29, 1.82) is 0 Å². The van der Waals surface area contributed by atoms with Gasteiger partial charge in [-0.05, 0) is 18.2 Å².